The maximum atomic E-state index is 5.37. The zero-order valence-electron chi connectivity index (χ0n) is 7.64. The maximum Gasteiger partial charge on any atom is 0.0929 e. The van der Waals surface area contributed by atoms with Gasteiger partial charge in [0.2, 0.25) is 0 Å². The van der Waals surface area contributed by atoms with E-state index in [1.165, 1.54) is 11.1 Å². The van der Waals surface area contributed by atoms with Crippen LogP contribution in [-0.4, -0.2) is 12.7 Å². The highest BCUT2D eigenvalue weighted by Gasteiger charge is 2.26. The van der Waals surface area contributed by atoms with Crippen LogP contribution in [0.2, 0.25) is 0 Å². The lowest BCUT2D eigenvalue weighted by Crippen LogP contribution is -2.30. The summed E-state index contributed by atoms with van der Waals surface area (Å²) in [7, 11) is 1.74. The molecule has 1 radical (unpaired) electrons. The zero-order chi connectivity index (χ0) is 8.48. The number of ether oxygens (including phenoxy) is 1. The standard InChI is InChI=1S/C10H15O/c1-8-5-6-10(3,11-4)9(2)7-8/h5-7H,1-4H3. The van der Waals surface area contributed by atoms with Gasteiger partial charge >= 0.3 is 0 Å². The van der Waals surface area contributed by atoms with E-state index in [1.54, 1.807) is 7.11 Å². The minimum atomic E-state index is -0.181. The van der Waals surface area contributed by atoms with Crippen LogP contribution in [0.25, 0.3) is 0 Å². The summed E-state index contributed by atoms with van der Waals surface area (Å²) >= 11 is 0. The Morgan fingerprint density at radius 1 is 1.36 bits per heavy atom. The van der Waals surface area contributed by atoms with Crippen molar-refractivity contribution in [2.45, 2.75) is 26.4 Å². The van der Waals surface area contributed by atoms with Crippen LogP contribution in [0.1, 0.15) is 20.8 Å². The third-order valence-electron chi connectivity index (χ3n) is 2.32. The molecule has 0 amide bonds. The average molecular weight is 151 g/mol. The molecule has 1 rings (SSSR count). The molecule has 0 fully saturated rings. The molecule has 1 nitrogen and oxygen atoms in total. The van der Waals surface area contributed by atoms with Crippen molar-refractivity contribution in [1.29, 1.82) is 0 Å². The number of hydrogen-bond acceptors (Lipinski definition) is 1. The van der Waals surface area contributed by atoms with E-state index in [9.17, 15) is 0 Å². The van der Waals surface area contributed by atoms with Gasteiger partial charge in [0.25, 0.3) is 0 Å². The minimum Gasteiger partial charge on any atom is -0.374 e. The van der Waals surface area contributed by atoms with Crippen molar-refractivity contribution < 1.29 is 4.74 Å². The highest BCUT2D eigenvalue weighted by molar-refractivity contribution is 5.38. The van der Waals surface area contributed by atoms with Crippen LogP contribution in [-0.2, 0) is 4.74 Å². The molecule has 0 spiro atoms. The van der Waals surface area contributed by atoms with Crippen LogP contribution in [0.5, 0.6) is 0 Å². The fraction of sp³-hybridized carbons (Fsp3) is 0.500. The predicted molar refractivity (Wildman–Crippen MR) is 47.2 cm³/mol. The normalized spacial score (nSPS) is 31.3. The van der Waals surface area contributed by atoms with E-state index in [4.69, 9.17) is 4.74 Å². The lowest BCUT2D eigenvalue weighted by Gasteiger charge is -2.30. The van der Waals surface area contributed by atoms with Crippen molar-refractivity contribution in [2.75, 3.05) is 7.11 Å². The highest BCUT2D eigenvalue weighted by atomic mass is 16.5. The Hall–Kier alpha value is -0.560. The molecule has 0 bridgehead atoms. The van der Waals surface area contributed by atoms with E-state index in [1.807, 2.05) is 0 Å². The number of rotatable bonds is 1. The van der Waals surface area contributed by atoms with Gasteiger partial charge in [-0.3, -0.25) is 0 Å². The van der Waals surface area contributed by atoms with E-state index in [-0.39, 0.29) is 5.60 Å². The minimum absolute atomic E-state index is 0.181. The second-order valence-electron chi connectivity index (χ2n) is 3.22. The predicted octanol–water partition coefficient (Wildman–Crippen LogP) is 2.50. The molecule has 0 aromatic rings. The quantitative estimate of drug-likeness (QED) is 0.559. The van der Waals surface area contributed by atoms with Crippen molar-refractivity contribution >= 4 is 0 Å². The van der Waals surface area contributed by atoms with Gasteiger partial charge in [-0.25, -0.2) is 0 Å². The Bertz CT molecular complexity index is 213. The molecule has 1 aliphatic carbocycles. The summed E-state index contributed by atoms with van der Waals surface area (Å²) in [6.07, 6.45) is 6.34. The number of hydrogen-bond donors (Lipinski definition) is 0. The molecule has 0 N–H and O–H groups in total. The first kappa shape index (κ1) is 8.54. The Morgan fingerprint density at radius 3 is 2.45 bits per heavy atom. The molecule has 0 heterocycles. The first-order chi connectivity index (χ1) is 5.08. The second-order valence-corrected chi connectivity index (χ2v) is 3.22. The second kappa shape index (κ2) is 2.82. The summed E-state index contributed by atoms with van der Waals surface area (Å²) in [5.74, 6) is 0. The van der Waals surface area contributed by atoms with E-state index < -0.39 is 0 Å². The molecule has 0 saturated carbocycles. The molecule has 1 heteroatoms. The number of methoxy groups -OCH3 is 1. The summed E-state index contributed by atoms with van der Waals surface area (Å²) < 4.78 is 5.37. The average Bonchev–Trinajstić information content (AvgIpc) is 1.98. The van der Waals surface area contributed by atoms with E-state index >= 15 is 0 Å². The first-order valence-corrected chi connectivity index (χ1v) is 3.85. The summed E-state index contributed by atoms with van der Waals surface area (Å²) in [5.41, 5.74) is 2.37. The van der Waals surface area contributed by atoms with E-state index in [2.05, 4.69) is 39.3 Å². The van der Waals surface area contributed by atoms with Crippen molar-refractivity contribution in [1.82, 2.24) is 0 Å². The topological polar surface area (TPSA) is 9.23 Å². The monoisotopic (exact) mass is 151 g/mol. The van der Waals surface area contributed by atoms with Crippen LogP contribution in [0, 0.1) is 6.42 Å². The molecule has 1 unspecified atom stereocenters. The van der Waals surface area contributed by atoms with Gasteiger partial charge in [-0.15, -0.1) is 0 Å². The molecular weight excluding hydrogens is 136 g/mol. The Labute approximate surface area is 68.8 Å². The lowest BCUT2D eigenvalue weighted by molar-refractivity contribution is 0.0690. The third-order valence-corrected chi connectivity index (χ3v) is 2.32. The molecule has 0 aliphatic heterocycles. The van der Waals surface area contributed by atoms with Gasteiger partial charge in [-0.05, 0) is 26.3 Å². The SMILES string of the molecule is COC1(C)[CH]C=C(C)C=C1C. The van der Waals surface area contributed by atoms with Crippen LogP contribution in [0.3, 0.4) is 0 Å². The van der Waals surface area contributed by atoms with Gasteiger partial charge < -0.3 is 4.74 Å². The van der Waals surface area contributed by atoms with Crippen molar-refractivity contribution in [3.05, 3.63) is 29.7 Å². The molecular formula is C10H15O. The van der Waals surface area contributed by atoms with Gasteiger partial charge in [0.15, 0.2) is 0 Å². The molecule has 61 valence electrons. The Kier molecular flexibility index (Phi) is 2.19. The Morgan fingerprint density at radius 2 is 2.00 bits per heavy atom. The first-order valence-electron chi connectivity index (χ1n) is 3.85. The lowest BCUT2D eigenvalue weighted by atomic mass is 9.87. The molecule has 1 atom stereocenters. The molecule has 11 heavy (non-hydrogen) atoms. The van der Waals surface area contributed by atoms with Crippen LogP contribution in [0.15, 0.2) is 23.3 Å². The van der Waals surface area contributed by atoms with Crippen LogP contribution in [0.4, 0.5) is 0 Å². The highest BCUT2D eigenvalue weighted by Crippen LogP contribution is 2.29. The fourth-order valence-electron chi connectivity index (χ4n) is 1.18. The van der Waals surface area contributed by atoms with Crippen molar-refractivity contribution in [3.63, 3.8) is 0 Å². The zero-order valence-corrected chi connectivity index (χ0v) is 7.64. The van der Waals surface area contributed by atoms with E-state index in [0.29, 0.717) is 0 Å². The van der Waals surface area contributed by atoms with E-state index in [0.717, 1.165) is 0 Å². The largest absolute Gasteiger partial charge is 0.374 e. The van der Waals surface area contributed by atoms with Crippen LogP contribution < -0.4 is 0 Å². The van der Waals surface area contributed by atoms with Crippen molar-refractivity contribution in [2.24, 2.45) is 0 Å². The fourth-order valence-corrected chi connectivity index (χ4v) is 1.18. The molecule has 1 aliphatic rings. The molecule has 0 aromatic heterocycles. The van der Waals surface area contributed by atoms with Gasteiger partial charge in [-0.1, -0.05) is 17.7 Å². The van der Waals surface area contributed by atoms with Crippen molar-refractivity contribution in [3.8, 4) is 0 Å². The number of allylic oxidation sites excluding steroid dienone is 2. The molecule has 0 aromatic carbocycles. The summed E-state index contributed by atoms with van der Waals surface area (Å²) in [4.78, 5) is 0. The summed E-state index contributed by atoms with van der Waals surface area (Å²) in [5, 5.41) is 0. The third kappa shape index (κ3) is 1.54. The summed E-state index contributed by atoms with van der Waals surface area (Å²) in [6.45, 7) is 6.26. The van der Waals surface area contributed by atoms with Gasteiger partial charge in [0, 0.05) is 13.5 Å². The maximum absolute atomic E-state index is 5.37. The van der Waals surface area contributed by atoms with Gasteiger partial charge in [-0.2, -0.15) is 0 Å². The summed E-state index contributed by atoms with van der Waals surface area (Å²) in [6, 6.07) is 0. The molecule has 0 saturated heterocycles. The Balaban J connectivity index is 2.87. The van der Waals surface area contributed by atoms with Crippen LogP contribution >= 0.6 is 0 Å². The van der Waals surface area contributed by atoms with Gasteiger partial charge in [0.05, 0.1) is 5.60 Å². The smallest absolute Gasteiger partial charge is 0.0929 e. The van der Waals surface area contributed by atoms with Gasteiger partial charge in [0.1, 0.15) is 0 Å².